The van der Waals surface area contributed by atoms with Crippen molar-refractivity contribution in [2.24, 2.45) is 0 Å². The fourth-order valence-electron chi connectivity index (χ4n) is 1.68. The lowest BCUT2D eigenvalue weighted by atomic mass is 10.0. The van der Waals surface area contributed by atoms with Crippen molar-refractivity contribution >= 4 is 6.09 Å². The van der Waals surface area contributed by atoms with Gasteiger partial charge in [-0.1, -0.05) is 0 Å². The lowest BCUT2D eigenvalue weighted by Gasteiger charge is -2.25. The standard InChI is InChI=1S/C9H11N3O2/c1-6-7-2-3-12(9(13)14)4-8(7)11-5-10-6/h5H,2-4H2,1H3,(H,13,14). The number of hydrogen-bond acceptors (Lipinski definition) is 3. The second-order valence-corrected chi connectivity index (χ2v) is 3.34. The summed E-state index contributed by atoms with van der Waals surface area (Å²) in [6.45, 7) is 2.85. The summed E-state index contributed by atoms with van der Waals surface area (Å²) in [5.74, 6) is 0. The van der Waals surface area contributed by atoms with Crippen LogP contribution in [0.5, 0.6) is 0 Å². The SMILES string of the molecule is Cc1ncnc2c1CCN(C(=O)O)C2. The van der Waals surface area contributed by atoms with Gasteiger partial charge < -0.3 is 10.0 Å². The molecule has 2 rings (SSSR count). The Hall–Kier alpha value is -1.65. The zero-order valence-electron chi connectivity index (χ0n) is 7.90. The number of amides is 1. The van der Waals surface area contributed by atoms with Gasteiger partial charge in [-0.05, 0) is 18.9 Å². The number of fused-ring (bicyclic) bond motifs is 1. The maximum absolute atomic E-state index is 10.7. The van der Waals surface area contributed by atoms with E-state index in [1.165, 1.54) is 11.2 Å². The number of aromatic nitrogens is 2. The summed E-state index contributed by atoms with van der Waals surface area (Å²) in [5, 5.41) is 8.82. The molecule has 0 spiro atoms. The Balaban J connectivity index is 2.31. The lowest BCUT2D eigenvalue weighted by Crippen LogP contribution is -2.35. The first-order chi connectivity index (χ1) is 6.68. The molecule has 1 aromatic heterocycles. The first kappa shape index (κ1) is 8.93. The van der Waals surface area contributed by atoms with Crippen LogP contribution in [0.4, 0.5) is 4.79 Å². The van der Waals surface area contributed by atoms with Crippen LogP contribution < -0.4 is 0 Å². The van der Waals surface area contributed by atoms with Gasteiger partial charge in [-0.15, -0.1) is 0 Å². The maximum atomic E-state index is 10.7. The molecule has 5 nitrogen and oxygen atoms in total. The largest absolute Gasteiger partial charge is 0.465 e. The molecule has 14 heavy (non-hydrogen) atoms. The van der Waals surface area contributed by atoms with E-state index in [-0.39, 0.29) is 0 Å². The molecule has 1 aromatic rings. The van der Waals surface area contributed by atoms with Crippen LogP contribution in [0.2, 0.25) is 0 Å². The van der Waals surface area contributed by atoms with E-state index < -0.39 is 6.09 Å². The van der Waals surface area contributed by atoms with E-state index in [9.17, 15) is 4.79 Å². The van der Waals surface area contributed by atoms with Crippen LogP contribution >= 0.6 is 0 Å². The number of aryl methyl sites for hydroxylation is 1. The predicted molar refractivity (Wildman–Crippen MR) is 48.9 cm³/mol. The molecule has 0 radical (unpaired) electrons. The molecule has 0 aliphatic carbocycles. The Morgan fingerprint density at radius 2 is 2.36 bits per heavy atom. The number of rotatable bonds is 0. The Kier molecular flexibility index (Phi) is 2.07. The van der Waals surface area contributed by atoms with Crippen molar-refractivity contribution in [3.63, 3.8) is 0 Å². The molecule has 0 aromatic carbocycles. The van der Waals surface area contributed by atoms with Crippen LogP contribution in [0.15, 0.2) is 6.33 Å². The summed E-state index contributed by atoms with van der Waals surface area (Å²) in [6, 6.07) is 0. The second-order valence-electron chi connectivity index (χ2n) is 3.34. The molecule has 0 saturated heterocycles. The van der Waals surface area contributed by atoms with Crippen molar-refractivity contribution < 1.29 is 9.90 Å². The Morgan fingerprint density at radius 3 is 3.07 bits per heavy atom. The molecule has 0 saturated carbocycles. The predicted octanol–water partition coefficient (Wildman–Crippen LogP) is 0.821. The molecule has 0 fully saturated rings. The van der Waals surface area contributed by atoms with E-state index in [0.29, 0.717) is 19.5 Å². The van der Waals surface area contributed by atoms with Crippen molar-refractivity contribution in [3.05, 3.63) is 23.3 Å². The summed E-state index contributed by atoms with van der Waals surface area (Å²) in [7, 11) is 0. The Morgan fingerprint density at radius 1 is 1.57 bits per heavy atom. The zero-order chi connectivity index (χ0) is 10.1. The van der Waals surface area contributed by atoms with Gasteiger partial charge in [0, 0.05) is 12.2 Å². The van der Waals surface area contributed by atoms with Crippen LogP contribution in [0.25, 0.3) is 0 Å². The molecular weight excluding hydrogens is 182 g/mol. The first-order valence-corrected chi connectivity index (χ1v) is 4.45. The Bertz CT molecular complexity index is 378. The van der Waals surface area contributed by atoms with Gasteiger partial charge >= 0.3 is 6.09 Å². The molecule has 1 aliphatic rings. The van der Waals surface area contributed by atoms with Crippen LogP contribution in [0, 0.1) is 6.92 Å². The minimum atomic E-state index is -0.882. The minimum Gasteiger partial charge on any atom is -0.465 e. The first-order valence-electron chi connectivity index (χ1n) is 4.45. The normalized spacial score (nSPS) is 15.1. The van der Waals surface area contributed by atoms with Crippen molar-refractivity contribution in [3.8, 4) is 0 Å². The minimum absolute atomic E-state index is 0.383. The van der Waals surface area contributed by atoms with Gasteiger partial charge in [-0.3, -0.25) is 0 Å². The topological polar surface area (TPSA) is 66.3 Å². The summed E-state index contributed by atoms with van der Waals surface area (Å²) in [5.41, 5.74) is 2.90. The maximum Gasteiger partial charge on any atom is 0.407 e. The average Bonchev–Trinajstić information content (AvgIpc) is 2.17. The molecule has 2 heterocycles. The van der Waals surface area contributed by atoms with E-state index in [1.54, 1.807) is 0 Å². The van der Waals surface area contributed by atoms with Gasteiger partial charge in [0.05, 0.1) is 12.2 Å². The highest BCUT2D eigenvalue weighted by Crippen LogP contribution is 2.18. The van der Waals surface area contributed by atoms with Gasteiger partial charge in [-0.2, -0.15) is 0 Å². The second kappa shape index (κ2) is 3.25. The number of nitrogens with zero attached hydrogens (tertiary/aromatic N) is 3. The van der Waals surface area contributed by atoms with Crippen molar-refractivity contribution in [2.75, 3.05) is 6.54 Å². The molecule has 1 aliphatic heterocycles. The zero-order valence-corrected chi connectivity index (χ0v) is 7.90. The molecule has 0 unspecified atom stereocenters. The van der Waals surface area contributed by atoms with E-state index in [4.69, 9.17) is 5.11 Å². The van der Waals surface area contributed by atoms with Crippen LogP contribution in [-0.4, -0.2) is 32.6 Å². The number of carbonyl (C=O) groups is 1. The molecule has 0 atom stereocenters. The summed E-state index contributed by atoms with van der Waals surface area (Å²) in [4.78, 5) is 20.3. The molecular formula is C9H11N3O2. The van der Waals surface area contributed by atoms with E-state index in [0.717, 1.165) is 17.0 Å². The van der Waals surface area contributed by atoms with Crippen molar-refractivity contribution in [1.82, 2.24) is 14.9 Å². The molecule has 5 heteroatoms. The van der Waals surface area contributed by atoms with E-state index in [2.05, 4.69) is 9.97 Å². The van der Waals surface area contributed by atoms with Gasteiger partial charge in [-0.25, -0.2) is 14.8 Å². The third kappa shape index (κ3) is 1.41. The van der Waals surface area contributed by atoms with Crippen molar-refractivity contribution in [1.29, 1.82) is 0 Å². The molecule has 0 bridgehead atoms. The monoisotopic (exact) mass is 193 g/mol. The van der Waals surface area contributed by atoms with Crippen LogP contribution in [-0.2, 0) is 13.0 Å². The highest BCUT2D eigenvalue weighted by Gasteiger charge is 2.22. The van der Waals surface area contributed by atoms with E-state index >= 15 is 0 Å². The summed E-state index contributed by atoms with van der Waals surface area (Å²) >= 11 is 0. The fourth-order valence-corrected chi connectivity index (χ4v) is 1.68. The average molecular weight is 193 g/mol. The number of carboxylic acid groups (broad SMARTS) is 1. The quantitative estimate of drug-likeness (QED) is 0.662. The van der Waals surface area contributed by atoms with Crippen molar-refractivity contribution in [2.45, 2.75) is 19.9 Å². The lowest BCUT2D eigenvalue weighted by molar-refractivity contribution is 0.139. The van der Waals surface area contributed by atoms with Crippen LogP contribution in [0.3, 0.4) is 0 Å². The molecule has 74 valence electrons. The third-order valence-corrected chi connectivity index (χ3v) is 2.49. The highest BCUT2D eigenvalue weighted by atomic mass is 16.4. The summed E-state index contributed by atoms with van der Waals surface area (Å²) < 4.78 is 0. The summed E-state index contributed by atoms with van der Waals surface area (Å²) in [6.07, 6.45) is 1.32. The van der Waals surface area contributed by atoms with Gasteiger partial charge in [0.15, 0.2) is 0 Å². The third-order valence-electron chi connectivity index (χ3n) is 2.49. The van der Waals surface area contributed by atoms with Gasteiger partial charge in [0.25, 0.3) is 0 Å². The smallest absolute Gasteiger partial charge is 0.407 e. The van der Waals surface area contributed by atoms with Gasteiger partial charge in [0.1, 0.15) is 6.33 Å². The molecule has 1 amide bonds. The fraction of sp³-hybridized carbons (Fsp3) is 0.444. The highest BCUT2D eigenvalue weighted by molar-refractivity contribution is 5.65. The van der Waals surface area contributed by atoms with Crippen LogP contribution in [0.1, 0.15) is 17.0 Å². The number of hydrogen-bond donors (Lipinski definition) is 1. The Labute approximate surface area is 81.4 Å². The van der Waals surface area contributed by atoms with Gasteiger partial charge in [0.2, 0.25) is 0 Å². The van der Waals surface area contributed by atoms with E-state index in [1.807, 2.05) is 6.92 Å². The molecule has 1 N–H and O–H groups in total.